The Hall–Kier alpha value is -3.03. The van der Waals surface area contributed by atoms with Gasteiger partial charge in [0, 0.05) is 17.5 Å². The van der Waals surface area contributed by atoms with Crippen LogP contribution >= 0.6 is 23.2 Å². The van der Waals surface area contributed by atoms with E-state index in [4.69, 9.17) is 28.3 Å². The standard InChI is InChI=1S/C24H23Cl2N5O2/c25-18-6-3-7-20(23(18)26)27-24(32)28-22-13-21(15-4-1-2-5-15)29-31(22)16-10-8-14-9-11-19(30-33)17(14)12-16/h3,6-8,10,12-13,15,33H,1-2,4-5,9,11H2,(H2,27,28,32)/b30-19+. The molecule has 1 saturated carbocycles. The summed E-state index contributed by atoms with van der Waals surface area (Å²) in [4.78, 5) is 12.8. The van der Waals surface area contributed by atoms with Crippen molar-refractivity contribution >= 4 is 46.4 Å². The lowest BCUT2D eigenvalue weighted by atomic mass is 10.0. The first kappa shape index (κ1) is 21.8. The molecule has 0 spiro atoms. The molecule has 2 aliphatic carbocycles. The molecule has 0 bridgehead atoms. The first-order chi connectivity index (χ1) is 16.0. The van der Waals surface area contributed by atoms with Crippen LogP contribution in [0.15, 0.2) is 47.6 Å². The van der Waals surface area contributed by atoms with Crippen LogP contribution in [0.1, 0.15) is 54.8 Å². The summed E-state index contributed by atoms with van der Waals surface area (Å²) in [7, 11) is 0. The summed E-state index contributed by atoms with van der Waals surface area (Å²) < 4.78 is 1.74. The van der Waals surface area contributed by atoms with Gasteiger partial charge in [0.2, 0.25) is 0 Å². The molecule has 3 N–H and O–H groups in total. The third kappa shape index (κ3) is 4.30. The normalized spacial score (nSPS) is 16.8. The SMILES string of the molecule is O=C(Nc1cccc(Cl)c1Cl)Nc1cc(C2CCCC2)nn1-c1ccc2c(c1)/C(=N/O)CC2. The summed E-state index contributed by atoms with van der Waals surface area (Å²) in [5, 5.41) is 24.0. The number of hydrogen-bond donors (Lipinski definition) is 3. The van der Waals surface area contributed by atoms with E-state index in [0.29, 0.717) is 34.6 Å². The number of urea groups is 1. The molecule has 1 aromatic heterocycles. The van der Waals surface area contributed by atoms with E-state index < -0.39 is 6.03 Å². The van der Waals surface area contributed by atoms with Crippen LogP contribution in [-0.4, -0.2) is 26.7 Å². The van der Waals surface area contributed by atoms with E-state index in [2.05, 4.69) is 15.8 Å². The zero-order valence-electron chi connectivity index (χ0n) is 17.8. The number of hydrogen-bond acceptors (Lipinski definition) is 4. The fraction of sp³-hybridized carbons (Fsp3) is 0.292. The second-order valence-electron chi connectivity index (χ2n) is 8.42. The van der Waals surface area contributed by atoms with Crippen LogP contribution in [0.2, 0.25) is 10.0 Å². The third-order valence-corrected chi connectivity index (χ3v) is 7.16. The van der Waals surface area contributed by atoms with Gasteiger partial charge in [-0.25, -0.2) is 9.48 Å². The Balaban J connectivity index is 1.48. The molecule has 0 aliphatic heterocycles. The summed E-state index contributed by atoms with van der Waals surface area (Å²) in [5.74, 6) is 0.925. The lowest BCUT2D eigenvalue weighted by Gasteiger charge is -2.12. The van der Waals surface area contributed by atoms with Crippen LogP contribution in [-0.2, 0) is 6.42 Å². The molecule has 3 aromatic rings. The molecular weight excluding hydrogens is 461 g/mol. The number of benzene rings is 2. The summed E-state index contributed by atoms with van der Waals surface area (Å²) in [6.07, 6.45) is 6.09. The summed E-state index contributed by atoms with van der Waals surface area (Å²) in [6.45, 7) is 0. The van der Waals surface area contributed by atoms with E-state index in [1.165, 1.54) is 12.8 Å². The maximum Gasteiger partial charge on any atom is 0.324 e. The van der Waals surface area contributed by atoms with Gasteiger partial charge in [-0.3, -0.25) is 5.32 Å². The first-order valence-corrected chi connectivity index (χ1v) is 11.8. The number of anilines is 2. The van der Waals surface area contributed by atoms with Crippen molar-refractivity contribution in [2.24, 2.45) is 5.16 Å². The topological polar surface area (TPSA) is 91.5 Å². The number of aryl methyl sites for hydroxylation is 1. The highest BCUT2D eigenvalue weighted by Gasteiger charge is 2.24. The van der Waals surface area contributed by atoms with Crippen molar-refractivity contribution < 1.29 is 10.0 Å². The highest BCUT2D eigenvalue weighted by Crippen LogP contribution is 2.36. The molecule has 33 heavy (non-hydrogen) atoms. The van der Waals surface area contributed by atoms with Gasteiger partial charge in [0.25, 0.3) is 0 Å². The van der Waals surface area contributed by atoms with Crippen LogP contribution in [0.3, 0.4) is 0 Å². The molecule has 170 valence electrons. The Morgan fingerprint density at radius 1 is 1.09 bits per heavy atom. The molecular formula is C24H23Cl2N5O2. The molecule has 2 aromatic carbocycles. The minimum absolute atomic E-state index is 0.281. The van der Waals surface area contributed by atoms with Crippen LogP contribution < -0.4 is 10.6 Å². The summed E-state index contributed by atoms with van der Waals surface area (Å²) in [6, 6.07) is 12.5. The number of rotatable bonds is 4. The molecule has 0 atom stereocenters. The zero-order valence-corrected chi connectivity index (χ0v) is 19.3. The van der Waals surface area contributed by atoms with Gasteiger partial charge in [0.05, 0.1) is 32.8 Å². The van der Waals surface area contributed by atoms with E-state index in [0.717, 1.165) is 41.8 Å². The Kier molecular flexibility index (Phi) is 6.00. The molecule has 0 unspecified atom stereocenters. The molecule has 5 rings (SSSR count). The number of halogens is 2. The first-order valence-electron chi connectivity index (χ1n) is 11.0. The van der Waals surface area contributed by atoms with Crippen LogP contribution in [0.25, 0.3) is 5.69 Å². The van der Waals surface area contributed by atoms with E-state index in [1.807, 2.05) is 24.3 Å². The fourth-order valence-corrected chi connectivity index (χ4v) is 5.00. The summed E-state index contributed by atoms with van der Waals surface area (Å²) >= 11 is 12.3. The lowest BCUT2D eigenvalue weighted by molar-refractivity contribution is 0.262. The Labute approximate surface area is 201 Å². The van der Waals surface area contributed by atoms with E-state index >= 15 is 0 Å². The van der Waals surface area contributed by atoms with Gasteiger partial charge in [0.1, 0.15) is 5.82 Å². The smallest absolute Gasteiger partial charge is 0.324 e. The number of aromatic nitrogens is 2. The van der Waals surface area contributed by atoms with Crippen molar-refractivity contribution in [1.82, 2.24) is 9.78 Å². The van der Waals surface area contributed by atoms with Crippen molar-refractivity contribution in [2.45, 2.75) is 44.4 Å². The number of carbonyl (C=O) groups is 1. The zero-order chi connectivity index (χ0) is 22.9. The molecule has 0 radical (unpaired) electrons. The summed E-state index contributed by atoms with van der Waals surface area (Å²) in [5.41, 5.74) is 4.88. The number of oxime groups is 1. The van der Waals surface area contributed by atoms with Gasteiger partial charge in [-0.1, -0.05) is 53.3 Å². The van der Waals surface area contributed by atoms with Crippen molar-refractivity contribution in [3.05, 3.63) is 69.3 Å². The molecule has 2 amide bonds. The van der Waals surface area contributed by atoms with Gasteiger partial charge in [0.15, 0.2) is 0 Å². The van der Waals surface area contributed by atoms with Crippen LogP contribution in [0, 0.1) is 0 Å². The predicted molar refractivity (Wildman–Crippen MR) is 131 cm³/mol. The number of amides is 2. The second-order valence-corrected chi connectivity index (χ2v) is 9.20. The van der Waals surface area contributed by atoms with E-state index in [1.54, 1.807) is 22.9 Å². The molecule has 0 saturated heterocycles. The minimum Gasteiger partial charge on any atom is -0.411 e. The van der Waals surface area contributed by atoms with E-state index in [-0.39, 0.29) is 5.02 Å². The minimum atomic E-state index is -0.447. The van der Waals surface area contributed by atoms with Gasteiger partial charge in [-0.15, -0.1) is 0 Å². The van der Waals surface area contributed by atoms with Gasteiger partial charge in [-0.2, -0.15) is 5.10 Å². The average molecular weight is 484 g/mol. The van der Waals surface area contributed by atoms with Crippen molar-refractivity contribution in [1.29, 1.82) is 0 Å². The molecule has 7 nitrogen and oxygen atoms in total. The molecule has 1 heterocycles. The predicted octanol–water partition coefficient (Wildman–Crippen LogP) is 6.61. The Morgan fingerprint density at radius 3 is 2.70 bits per heavy atom. The van der Waals surface area contributed by atoms with Crippen molar-refractivity contribution in [3.63, 3.8) is 0 Å². The van der Waals surface area contributed by atoms with Crippen LogP contribution in [0.4, 0.5) is 16.3 Å². The Morgan fingerprint density at radius 2 is 1.91 bits per heavy atom. The third-order valence-electron chi connectivity index (χ3n) is 6.34. The maximum absolute atomic E-state index is 12.8. The highest BCUT2D eigenvalue weighted by molar-refractivity contribution is 6.44. The average Bonchev–Trinajstić information content (AvgIpc) is 3.55. The van der Waals surface area contributed by atoms with E-state index in [9.17, 15) is 10.0 Å². The van der Waals surface area contributed by atoms with Gasteiger partial charge < -0.3 is 10.5 Å². The monoisotopic (exact) mass is 483 g/mol. The van der Waals surface area contributed by atoms with Gasteiger partial charge >= 0.3 is 6.03 Å². The molecule has 2 aliphatic rings. The number of nitrogens with one attached hydrogen (secondary N) is 2. The van der Waals surface area contributed by atoms with Crippen molar-refractivity contribution in [3.8, 4) is 5.69 Å². The largest absolute Gasteiger partial charge is 0.411 e. The Bertz CT molecular complexity index is 1250. The fourth-order valence-electron chi connectivity index (χ4n) is 4.65. The number of fused-ring (bicyclic) bond motifs is 1. The van der Waals surface area contributed by atoms with Crippen LogP contribution in [0.5, 0.6) is 0 Å². The molecule has 9 heteroatoms. The maximum atomic E-state index is 12.8. The van der Waals surface area contributed by atoms with Gasteiger partial charge in [-0.05, 0) is 55.5 Å². The number of nitrogens with zero attached hydrogens (tertiary/aromatic N) is 3. The lowest BCUT2D eigenvalue weighted by Crippen LogP contribution is -2.21. The highest BCUT2D eigenvalue weighted by atomic mass is 35.5. The van der Waals surface area contributed by atoms with Crippen molar-refractivity contribution in [2.75, 3.05) is 10.6 Å². The second kappa shape index (κ2) is 9.08. The quantitative estimate of drug-likeness (QED) is 0.288. The number of carbonyl (C=O) groups excluding carboxylic acids is 1. The molecule has 1 fully saturated rings.